The largest absolute Gasteiger partial charge is 0.507 e. The molecule has 0 saturated carbocycles. The van der Waals surface area contributed by atoms with E-state index in [1.807, 2.05) is 38.1 Å². The van der Waals surface area contributed by atoms with E-state index in [0.29, 0.717) is 11.5 Å². The Morgan fingerprint density at radius 2 is 1.68 bits per heavy atom. The first-order chi connectivity index (χ1) is 10.3. The lowest BCUT2D eigenvalue weighted by atomic mass is 9.90. The van der Waals surface area contributed by atoms with Crippen LogP contribution in [0.5, 0.6) is 5.75 Å². The zero-order valence-corrected chi connectivity index (χ0v) is 13.4. The van der Waals surface area contributed by atoms with Crippen molar-refractivity contribution in [2.24, 2.45) is 0 Å². The Labute approximate surface area is 131 Å². The number of hydrogen-bond donors (Lipinski definition) is 2. The van der Waals surface area contributed by atoms with E-state index in [9.17, 15) is 15.0 Å². The van der Waals surface area contributed by atoms with Crippen LogP contribution in [0.25, 0.3) is 11.1 Å². The van der Waals surface area contributed by atoms with Crippen LogP contribution in [-0.2, 0) is 0 Å². The van der Waals surface area contributed by atoms with E-state index in [1.165, 1.54) is 0 Å². The third kappa shape index (κ3) is 2.98. The molecule has 2 rings (SSSR count). The van der Waals surface area contributed by atoms with E-state index in [1.54, 1.807) is 12.1 Å². The molecule has 2 aromatic carbocycles. The highest BCUT2D eigenvalue weighted by molar-refractivity contribution is 5.98. The molecule has 0 saturated heterocycles. The van der Waals surface area contributed by atoms with Gasteiger partial charge in [-0.1, -0.05) is 58.0 Å². The summed E-state index contributed by atoms with van der Waals surface area (Å²) in [4.78, 5) is 11.5. The van der Waals surface area contributed by atoms with Gasteiger partial charge in [-0.2, -0.15) is 0 Å². The fourth-order valence-electron chi connectivity index (χ4n) is 2.60. The van der Waals surface area contributed by atoms with Crippen LogP contribution in [0.2, 0.25) is 0 Å². The average Bonchev–Trinajstić information content (AvgIpc) is 2.46. The van der Waals surface area contributed by atoms with Gasteiger partial charge in [0.05, 0.1) is 5.56 Å². The molecule has 2 N–H and O–H groups in total. The van der Waals surface area contributed by atoms with E-state index in [4.69, 9.17) is 0 Å². The number of carboxylic acid groups (broad SMARTS) is 1. The third-order valence-corrected chi connectivity index (χ3v) is 3.90. The van der Waals surface area contributed by atoms with E-state index < -0.39 is 5.97 Å². The number of benzene rings is 2. The molecule has 0 aromatic heterocycles. The molecule has 0 fully saturated rings. The standard InChI is InChI=1S/C19H22O3/c1-11(2)13-6-5-7-14(10-13)17-16(19(21)22)9-8-15(12(3)4)18(17)20/h5-12,20H,1-4H3,(H,21,22). The summed E-state index contributed by atoms with van der Waals surface area (Å²) in [6.45, 7) is 8.12. The van der Waals surface area contributed by atoms with E-state index >= 15 is 0 Å². The van der Waals surface area contributed by atoms with E-state index in [-0.39, 0.29) is 17.2 Å². The topological polar surface area (TPSA) is 57.5 Å². The zero-order valence-electron chi connectivity index (χ0n) is 13.4. The molecule has 0 aliphatic rings. The van der Waals surface area contributed by atoms with Crippen LogP contribution >= 0.6 is 0 Å². The van der Waals surface area contributed by atoms with Gasteiger partial charge in [0.2, 0.25) is 0 Å². The Kier molecular flexibility index (Phi) is 4.55. The van der Waals surface area contributed by atoms with Crippen molar-refractivity contribution in [1.82, 2.24) is 0 Å². The van der Waals surface area contributed by atoms with Gasteiger partial charge in [-0.15, -0.1) is 0 Å². The predicted molar refractivity (Wildman–Crippen MR) is 88.7 cm³/mol. The fourth-order valence-corrected chi connectivity index (χ4v) is 2.60. The van der Waals surface area contributed by atoms with Gasteiger partial charge in [-0.25, -0.2) is 4.79 Å². The van der Waals surface area contributed by atoms with Crippen molar-refractivity contribution in [2.45, 2.75) is 39.5 Å². The molecule has 0 aliphatic heterocycles. The highest BCUT2D eigenvalue weighted by Crippen LogP contribution is 2.39. The van der Waals surface area contributed by atoms with Gasteiger partial charge in [0.1, 0.15) is 5.75 Å². The number of aromatic carboxylic acids is 1. The quantitative estimate of drug-likeness (QED) is 0.834. The monoisotopic (exact) mass is 298 g/mol. The first-order valence-electron chi connectivity index (χ1n) is 7.52. The van der Waals surface area contributed by atoms with Gasteiger partial charge in [-0.3, -0.25) is 0 Å². The van der Waals surface area contributed by atoms with Crippen molar-refractivity contribution < 1.29 is 15.0 Å². The van der Waals surface area contributed by atoms with Crippen LogP contribution in [0, 0.1) is 0 Å². The van der Waals surface area contributed by atoms with Crippen LogP contribution in [0.4, 0.5) is 0 Å². The number of carbonyl (C=O) groups is 1. The van der Waals surface area contributed by atoms with Gasteiger partial charge < -0.3 is 10.2 Å². The van der Waals surface area contributed by atoms with E-state index in [2.05, 4.69) is 13.8 Å². The SMILES string of the molecule is CC(C)c1cccc(-c2c(C(=O)O)ccc(C(C)C)c2O)c1. The Hall–Kier alpha value is -2.29. The first-order valence-corrected chi connectivity index (χ1v) is 7.52. The molecule has 0 heterocycles. The van der Waals surface area contributed by atoms with Gasteiger partial charge >= 0.3 is 5.97 Å². The minimum absolute atomic E-state index is 0.0656. The summed E-state index contributed by atoms with van der Waals surface area (Å²) in [5, 5.41) is 20.1. The maximum absolute atomic E-state index is 11.5. The number of phenolic OH excluding ortho intramolecular Hbond substituents is 1. The Morgan fingerprint density at radius 3 is 2.23 bits per heavy atom. The van der Waals surface area contributed by atoms with E-state index in [0.717, 1.165) is 16.7 Å². The Balaban J connectivity index is 2.74. The summed E-state index contributed by atoms with van der Waals surface area (Å²) in [6.07, 6.45) is 0. The van der Waals surface area contributed by atoms with Crippen molar-refractivity contribution in [3.8, 4) is 16.9 Å². The van der Waals surface area contributed by atoms with Crippen LogP contribution in [0.15, 0.2) is 36.4 Å². The highest BCUT2D eigenvalue weighted by Gasteiger charge is 2.20. The zero-order chi connectivity index (χ0) is 16.4. The number of hydrogen-bond acceptors (Lipinski definition) is 2. The molecular formula is C19H22O3. The first kappa shape index (κ1) is 16.1. The summed E-state index contributed by atoms with van der Waals surface area (Å²) in [5.74, 6) is -0.509. The molecule has 3 heteroatoms. The fraction of sp³-hybridized carbons (Fsp3) is 0.316. The number of carboxylic acids is 1. The lowest BCUT2D eigenvalue weighted by molar-refractivity contribution is 0.0697. The van der Waals surface area contributed by atoms with Crippen molar-refractivity contribution in [3.05, 3.63) is 53.1 Å². The summed E-state index contributed by atoms with van der Waals surface area (Å²) >= 11 is 0. The van der Waals surface area contributed by atoms with Gasteiger partial charge in [0.25, 0.3) is 0 Å². The third-order valence-electron chi connectivity index (χ3n) is 3.90. The Bertz CT molecular complexity index is 700. The van der Waals surface area contributed by atoms with Crippen LogP contribution in [0.1, 0.15) is 61.0 Å². The summed E-state index contributed by atoms with van der Waals surface area (Å²) < 4.78 is 0. The molecular weight excluding hydrogens is 276 g/mol. The summed E-state index contributed by atoms with van der Waals surface area (Å²) in [6, 6.07) is 11.0. The normalized spacial score (nSPS) is 11.2. The number of rotatable bonds is 4. The maximum atomic E-state index is 11.5. The second kappa shape index (κ2) is 6.22. The van der Waals surface area contributed by atoms with Crippen molar-refractivity contribution in [2.75, 3.05) is 0 Å². The minimum atomic E-state index is -1.03. The summed E-state index contributed by atoms with van der Waals surface area (Å²) in [5.41, 5.74) is 3.14. The number of phenols is 1. The highest BCUT2D eigenvalue weighted by atomic mass is 16.4. The predicted octanol–water partition coefficient (Wildman–Crippen LogP) is 5.00. The molecule has 0 aliphatic carbocycles. The molecule has 0 unspecified atom stereocenters. The molecule has 3 nitrogen and oxygen atoms in total. The van der Waals surface area contributed by atoms with Crippen LogP contribution in [0.3, 0.4) is 0 Å². The molecule has 0 radical (unpaired) electrons. The maximum Gasteiger partial charge on any atom is 0.336 e. The molecule has 0 bridgehead atoms. The molecule has 22 heavy (non-hydrogen) atoms. The van der Waals surface area contributed by atoms with Crippen LogP contribution in [-0.4, -0.2) is 16.2 Å². The molecule has 116 valence electrons. The van der Waals surface area contributed by atoms with Crippen LogP contribution < -0.4 is 0 Å². The lowest BCUT2D eigenvalue weighted by Crippen LogP contribution is -2.02. The minimum Gasteiger partial charge on any atom is -0.507 e. The lowest BCUT2D eigenvalue weighted by Gasteiger charge is -2.16. The second-order valence-electron chi connectivity index (χ2n) is 6.17. The smallest absolute Gasteiger partial charge is 0.336 e. The second-order valence-corrected chi connectivity index (χ2v) is 6.17. The van der Waals surface area contributed by atoms with Crippen molar-refractivity contribution in [1.29, 1.82) is 0 Å². The summed E-state index contributed by atoms with van der Waals surface area (Å²) in [7, 11) is 0. The van der Waals surface area contributed by atoms with Gasteiger partial charge in [-0.05, 0) is 34.6 Å². The average molecular weight is 298 g/mol. The van der Waals surface area contributed by atoms with Crippen molar-refractivity contribution >= 4 is 5.97 Å². The Morgan fingerprint density at radius 1 is 1.00 bits per heavy atom. The number of aromatic hydroxyl groups is 1. The molecule has 2 aromatic rings. The van der Waals surface area contributed by atoms with Gasteiger partial charge in [0.15, 0.2) is 0 Å². The molecule has 0 spiro atoms. The molecule has 0 atom stereocenters. The van der Waals surface area contributed by atoms with Crippen molar-refractivity contribution in [3.63, 3.8) is 0 Å². The van der Waals surface area contributed by atoms with Gasteiger partial charge in [0, 0.05) is 5.56 Å². The molecule has 0 amide bonds.